The Balaban J connectivity index is 1.81. The van der Waals surface area contributed by atoms with E-state index in [0.29, 0.717) is 22.9 Å². The lowest BCUT2D eigenvalue weighted by Crippen LogP contribution is -2.42. The van der Waals surface area contributed by atoms with E-state index in [0.717, 1.165) is 5.56 Å². The summed E-state index contributed by atoms with van der Waals surface area (Å²) in [5, 5.41) is 28.7. The van der Waals surface area contributed by atoms with Crippen LogP contribution in [0.5, 0.6) is 23.0 Å². The monoisotopic (exact) mass is 477 g/mol. The van der Waals surface area contributed by atoms with Crippen molar-refractivity contribution in [1.29, 1.82) is 0 Å². The Kier molecular flexibility index (Phi) is 5.12. The van der Waals surface area contributed by atoms with E-state index in [1.165, 1.54) is 14.2 Å². The fraction of sp³-hybridized carbons (Fsp3) is 0.320. The van der Waals surface area contributed by atoms with Crippen molar-refractivity contribution < 1.29 is 24.5 Å². The van der Waals surface area contributed by atoms with Crippen LogP contribution >= 0.6 is 0 Å². The van der Waals surface area contributed by atoms with Gasteiger partial charge in [-0.1, -0.05) is 18.2 Å². The molecule has 0 spiro atoms. The quantitative estimate of drug-likeness (QED) is 0.491. The number of aromatic hydroxyl groups is 2. The second-order valence-corrected chi connectivity index (χ2v) is 9.46. The van der Waals surface area contributed by atoms with E-state index in [4.69, 9.17) is 14.5 Å². The number of aromatic nitrogens is 2. The molecule has 2 aromatic carbocycles. The number of urea groups is 1. The first kappa shape index (κ1) is 22.6. The number of nitrogens with zero attached hydrogens (tertiary/aromatic N) is 4. The summed E-state index contributed by atoms with van der Waals surface area (Å²) in [6.07, 6.45) is 1.73. The van der Waals surface area contributed by atoms with E-state index >= 15 is 0 Å². The number of benzene rings is 2. The second kappa shape index (κ2) is 7.93. The van der Waals surface area contributed by atoms with Gasteiger partial charge in [0.1, 0.15) is 11.9 Å². The van der Waals surface area contributed by atoms with Gasteiger partial charge in [0.05, 0.1) is 26.0 Å². The molecule has 10 heteroatoms. The molecule has 0 bridgehead atoms. The minimum Gasteiger partial charge on any atom is -0.502 e. The highest BCUT2D eigenvalue weighted by Gasteiger charge is 2.49. The predicted octanol–water partition coefficient (Wildman–Crippen LogP) is 3.84. The van der Waals surface area contributed by atoms with Gasteiger partial charge in [0.2, 0.25) is 11.5 Å². The first-order valence-corrected chi connectivity index (χ1v) is 11.2. The van der Waals surface area contributed by atoms with Crippen molar-refractivity contribution in [2.45, 2.75) is 38.3 Å². The molecule has 3 aromatic rings. The molecule has 2 aliphatic rings. The van der Waals surface area contributed by atoms with Crippen molar-refractivity contribution in [1.82, 2.24) is 15.1 Å². The number of carbonyl (C=O) groups excluding carboxylic acids is 1. The third kappa shape index (κ3) is 3.36. The zero-order valence-electron chi connectivity index (χ0n) is 20.1. The number of hydrogen-bond acceptors (Lipinski definition) is 7. The minimum atomic E-state index is -0.586. The highest BCUT2D eigenvalue weighted by atomic mass is 16.5. The zero-order chi connectivity index (χ0) is 25.1. The van der Waals surface area contributed by atoms with Crippen molar-refractivity contribution in [2.24, 2.45) is 4.99 Å². The number of aliphatic imine (C=N–C) groups is 1. The number of fused-ring (bicyclic) bond motifs is 2. The van der Waals surface area contributed by atoms with Crippen LogP contribution in [0.2, 0.25) is 0 Å². The van der Waals surface area contributed by atoms with Crippen LogP contribution in [0, 0.1) is 0 Å². The van der Waals surface area contributed by atoms with E-state index in [9.17, 15) is 15.0 Å². The number of amidine groups is 1. The van der Waals surface area contributed by atoms with Crippen LogP contribution in [-0.4, -0.2) is 52.1 Å². The van der Waals surface area contributed by atoms with E-state index in [-0.39, 0.29) is 23.1 Å². The van der Waals surface area contributed by atoms with Crippen LogP contribution in [0.3, 0.4) is 0 Å². The van der Waals surface area contributed by atoms with E-state index in [2.05, 4.69) is 10.4 Å². The molecule has 35 heavy (non-hydrogen) atoms. The number of phenolic OH excluding ortho intramolecular Hbond substituents is 2. The Morgan fingerprint density at radius 3 is 2.37 bits per heavy atom. The molecule has 0 aliphatic carbocycles. The summed E-state index contributed by atoms with van der Waals surface area (Å²) >= 11 is 0. The maximum atomic E-state index is 13.2. The lowest BCUT2D eigenvalue weighted by Gasteiger charge is -2.34. The number of amides is 2. The Hall–Kier alpha value is -4.21. The lowest BCUT2D eigenvalue weighted by molar-refractivity contribution is 0.252. The minimum absolute atomic E-state index is 0.0793. The van der Waals surface area contributed by atoms with Gasteiger partial charge < -0.3 is 19.7 Å². The van der Waals surface area contributed by atoms with E-state index in [1.807, 2.05) is 51.1 Å². The normalized spacial score (nSPS) is 19.1. The van der Waals surface area contributed by atoms with Crippen LogP contribution in [0.25, 0.3) is 0 Å². The molecule has 0 radical (unpaired) electrons. The number of nitrogens with one attached hydrogen (secondary N) is 1. The van der Waals surface area contributed by atoms with Gasteiger partial charge in [-0.05, 0) is 39.0 Å². The molecule has 10 nitrogen and oxygen atoms in total. The number of rotatable bonds is 4. The van der Waals surface area contributed by atoms with Crippen LogP contribution in [0.4, 0.5) is 16.3 Å². The molecule has 0 saturated carbocycles. The van der Waals surface area contributed by atoms with Gasteiger partial charge in [0, 0.05) is 22.7 Å². The van der Waals surface area contributed by atoms with Gasteiger partial charge in [-0.3, -0.25) is 10.2 Å². The number of ether oxygens (including phenoxy) is 2. The third-order valence-electron chi connectivity index (χ3n) is 6.31. The zero-order valence-corrected chi connectivity index (χ0v) is 20.1. The molecule has 1 fully saturated rings. The van der Waals surface area contributed by atoms with E-state index < -0.39 is 23.5 Å². The molecule has 2 amide bonds. The van der Waals surface area contributed by atoms with Crippen molar-refractivity contribution in [3.8, 4) is 23.0 Å². The summed E-state index contributed by atoms with van der Waals surface area (Å²) in [7, 11) is 2.81. The van der Waals surface area contributed by atoms with Crippen molar-refractivity contribution in [2.75, 3.05) is 19.1 Å². The number of hydrogen-bond donors (Lipinski definition) is 3. The SMILES string of the molecule is COc1cc([C@H]2c3cnn(C(C)(C)C)c3N=C3NC(=O)N(c4ccccc4)[C@H]32)c(OC)c(O)c1O. The van der Waals surface area contributed by atoms with Crippen LogP contribution in [0.15, 0.2) is 47.6 Å². The molecular weight excluding hydrogens is 450 g/mol. The molecule has 5 rings (SSSR count). The lowest BCUT2D eigenvalue weighted by atomic mass is 9.82. The smallest absolute Gasteiger partial charge is 0.328 e. The Morgan fingerprint density at radius 2 is 1.74 bits per heavy atom. The molecule has 0 unspecified atom stereocenters. The van der Waals surface area contributed by atoms with Gasteiger partial charge >= 0.3 is 6.03 Å². The Morgan fingerprint density at radius 1 is 1.03 bits per heavy atom. The first-order chi connectivity index (χ1) is 16.7. The first-order valence-electron chi connectivity index (χ1n) is 11.2. The molecular formula is C25H27N5O5. The van der Waals surface area contributed by atoms with Crippen LogP contribution in [0.1, 0.15) is 37.8 Å². The fourth-order valence-corrected chi connectivity index (χ4v) is 4.80. The molecule has 1 aromatic heterocycles. The largest absolute Gasteiger partial charge is 0.502 e. The summed E-state index contributed by atoms with van der Waals surface area (Å²) in [6.45, 7) is 6.04. The van der Waals surface area contributed by atoms with Crippen LogP contribution < -0.4 is 19.7 Å². The van der Waals surface area contributed by atoms with Crippen molar-refractivity contribution in [3.05, 3.63) is 53.7 Å². The summed E-state index contributed by atoms with van der Waals surface area (Å²) in [5.41, 5.74) is 1.57. The Labute approximate surface area is 202 Å². The number of phenols is 2. The molecule has 1 saturated heterocycles. The maximum absolute atomic E-state index is 13.2. The van der Waals surface area contributed by atoms with Gasteiger partial charge in [-0.15, -0.1) is 0 Å². The highest BCUT2D eigenvalue weighted by molar-refractivity contribution is 6.18. The summed E-state index contributed by atoms with van der Waals surface area (Å²) in [6, 6.07) is 9.99. The summed E-state index contributed by atoms with van der Waals surface area (Å²) in [4.78, 5) is 19.7. The van der Waals surface area contributed by atoms with E-state index in [1.54, 1.807) is 21.8 Å². The molecule has 182 valence electrons. The summed E-state index contributed by atoms with van der Waals surface area (Å²) < 4.78 is 12.7. The number of methoxy groups -OCH3 is 2. The van der Waals surface area contributed by atoms with Gasteiger partial charge in [0.25, 0.3) is 0 Å². The number of anilines is 1. The van der Waals surface area contributed by atoms with Gasteiger partial charge in [-0.2, -0.15) is 5.10 Å². The van der Waals surface area contributed by atoms with Crippen molar-refractivity contribution in [3.63, 3.8) is 0 Å². The predicted molar refractivity (Wildman–Crippen MR) is 130 cm³/mol. The van der Waals surface area contributed by atoms with Gasteiger partial charge in [-0.25, -0.2) is 14.5 Å². The topological polar surface area (TPSA) is 121 Å². The average molecular weight is 478 g/mol. The standard InChI is InChI=1S/C25H27N5O5/c1-25(2,3)30-23-15(12-26-30)17(14-11-16(34-4)19(31)20(32)21(14)35-5)18-22(27-23)28-24(33)29(18)13-9-7-6-8-10-13/h6-12,17-18,31-32H,1-5H3,(H,27,28,33)/t17-,18-/m0/s1. The van der Waals surface area contributed by atoms with Crippen LogP contribution in [-0.2, 0) is 5.54 Å². The third-order valence-corrected chi connectivity index (χ3v) is 6.31. The molecule has 3 heterocycles. The summed E-state index contributed by atoms with van der Waals surface area (Å²) in [5.74, 6) is -0.216. The molecule has 2 atom stereocenters. The van der Waals surface area contributed by atoms with Gasteiger partial charge in [0.15, 0.2) is 17.3 Å². The average Bonchev–Trinajstić information content (AvgIpc) is 3.40. The Bertz CT molecular complexity index is 1340. The van der Waals surface area contributed by atoms with Crippen molar-refractivity contribution >= 4 is 23.4 Å². The highest BCUT2D eigenvalue weighted by Crippen LogP contribution is 2.53. The number of carbonyl (C=O) groups is 1. The maximum Gasteiger partial charge on any atom is 0.328 e. The fourth-order valence-electron chi connectivity index (χ4n) is 4.80. The molecule has 3 N–H and O–H groups in total. The second-order valence-electron chi connectivity index (χ2n) is 9.46. The number of para-hydroxylation sites is 1. The molecule has 2 aliphatic heterocycles.